The third-order valence-electron chi connectivity index (χ3n) is 4.46. The maximum Gasteiger partial charge on any atom is 0.313 e. The third kappa shape index (κ3) is 6.07. The number of carbonyl (C=O) groups excluding carboxylic acids is 3. The number of esters is 1. The van der Waals surface area contributed by atoms with Crippen molar-refractivity contribution in [3.05, 3.63) is 76.2 Å². The molecule has 0 atom stereocenters. The smallest absolute Gasteiger partial charge is 0.313 e. The van der Waals surface area contributed by atoms with E-state index in [4.69, 9.17) is 9.47 Å². The summed E-state index contributed by atoms with van der Waals surface area (Å²) in [5, 5.41) is 4.98. The summed E-state index contributed by atoms with van der Waals surface area (Å²) < 4.78 is 11.3. The molecule has 0 radical (unpaired) electrons. The summed E-state index contributed by atoms with van der Waals surface area (Å²) in [5.41, 5.74) is 1.77. The minimum absolute atomic E-state index is 0.0534. The van der Waals surface area contributed by atoms with Crippen LogP contribution in [0.1, 0.15) is 32.1 Å². The van der Waals surface area contributed by atoms with E-state index in [-0.39, 0.29) is 23.8 Å². The number of nitrogens with zero attached hydrogens (tertiary/aromatic N) is 2. The summed E-state index contributed by atoms with van der Waals surface area (Å²) in [5.74, 6) is -1.52. The van der Waals surface area contributed by atoms with Gasteiger partial charge in [0.1, 0.15) is 18.0 Å². The highest BCUT2D eigenvalue weighted by Crippen LogP contribution is 2.27. The zero-order valence-electron chi connectivity index (χ0n) is 17.4. The van der Waals surface area contributed by atoms with Crippen molar-refractivity contribution in [2.75, 3.05) is 18.5 Å². The number of hydrogen-bond donors (Lipinski definition) is 1. The second kappa shape index (κ2) is 10.9. The molecule has 3 heterocycles. The lowest BCUT2D eigenvalue weighted by Gasteiger charge is -2.07. The van der Waals surface area contributed by atoms with Gasteiger partial charge in [-0.2, -0.15) is 0 Å². The average molecular weight is 482 g/mol. The van der Waals surface area contributed by atoms with E-state index in [1.807, 2.05) is 36.4 Å². The van der Waals surface area contributed by atoms with E-state index in [2.05, 4.69) is 15.3 Å². The summed E-state index contributed by atoms with van der Waals surface area (Å²) in [6.45, 7) is 0.698. The molecule has 0 bridgehead atoms. The molecule has 0 unspecified atom stereocenters. The van der Waals surface area contributed by atoms with Crippen LogP contribution in [-0.4, -0.2) is 40.8 Å². The quantitative estimate of drug-likeness (QED) is 0.155. The van der Waals surface area contributed by atoms with Gasteiger partial charge in [0.05, 0.1) is 23.5 Å². The number of rotatable bonds is 10. The fraction of sp³-hybridized carbons (Fsp3) is 0.174. The maximum absolute atomic E-state index is 12.6. The van der Waals surface area contributed by atoms with Gasteiger partial charge in [-0.1, -0.05) is 30.3 Å². The number of aromatic nitrogens is 2. The van der Waals surface area contributed by atoms with Crippen LogP contribution in [0.5, 0.6) is 0 Å². The summed E-state index contributed by atoms with van der Waals surface area (Å²) >= 11 is 2.41. The number of ether oxygens (including phenoxy) is 2. The van der Waals surface area contributed by atoms with Gasteiger partial charge in [0.15, 0.2) is 16.4 Å². The predicted octanol–water partition coefficient (Wildman–Crippen LogP) is 4.34. The Morgan fingerprint density at radius 1 is 1.00 bits per heavy atom. The lowest BCUT2D eigenvalue weighted by Crippen LogP contribution is -2.16. The Labute approximate surface area is 197 Å². The molecule has 168 valence electrons. The molecule has 10 heteroatoms. The van der Waals surface area contributed by atoms with Crippen LogP contribution >= 0.6 is 22.7 Å². The molecule has 4 aromatic rings. The number of hydrogen-bond acceptors (Lipinski definition) is 9. The predicted molar refractivity (Wildman–Crippen MR) is 126 cm³/mol. The number of benzene rings is 1. The Bertz CT molecular complexity index is 1240. The Morgan fingerprint density at radius 3 is 2.67 bits per heavy atom. The number of Topliss-reactive ketones (excluding diaryl/α,β-unsaturated/α-hetero) is 1. The van der Waals surface area contributed by atoms with Gasteiger partial charge in [-0.15, -0.1) is 22.7 Å². The van der Waals surface area contributed by atoms with Gasteiger partial charge in [-0.3, -0.25) is 14.4 Å². The topological polar surface area (TPSA) is 107 Å². The molecular formula is C23H19N3O5S2. The highest BCUT2D eigenvalue weighted by molar-refractivity contribution is 7.20. The van der Waals surface area contributed by atoms with Crippen molar-refractivity contribution in [3.8, 4) is 0 Å². The van der Waals surface area contributed by atoms with Crippen LogP contribution in [0.4, 0.5) is 5.00 Å². The zero-order valence-corrected chi connectivity index (χ0v) is 19.0. The molecule has 8 nitrogen and oxygen atoms in total. The Balaban J connectivity index is 1.25. The van der Waals surface area contributed by atoms with Crippen molar-refractivity contribution < 1.29 is 23.9 Å². The second-order valence-corrected chi connectivity index (χ2v) is 8.77. The number of ketones is 1. The number of fused-ring (bicyclic) bond motifs is 1. The van der Waals surface area contributed by atoms with Crippen LogP contribution < -0.4 is 5.32 Å². The lowest BCUT2D eigenvalue weighted by atomic mass is 10.1. The first kappa shape index (κ1) is 22.7. The number of carbonyl (C=O) groups is 3. The Hall–Kier alpha value is -3.47. The molecule has 0 aliphatic heterocycles. The van der Waals surface area contributed by atoms with Gasteiger partial charge < -0.3 is 14.8 Å². The second-order valence-electron chi connectivity index (χ2n) is 6.82. The van der Waals surface area contributed by atoms with Crippen LogP contribution in [0.15, 0.2) is 60.1 Å². The molecule has 4 rings (SSSR count). The van der Waals surface area contributed by atoms with Crippen LogP contribution in [-0.2, 0) is 20.9 Å². The van der Waals surface area contributed by atoms with Gasteiger partial charge in [-0.05, 0) is 29.1 Å². The Kier molecular flexibility index (Phi) is 7.51. The van der Waals surface area contributed by atoms with Crippen molar-refractivity contribution in [2.24, 2.45) is 0 Å². The Morgan fingerprint density at radius 2 is 1.85 bits per heavy atom. The summed E-state index contributed by atoms with van der Waals surface area (Å²) in [7, 11) is 0. The molecule has 0 aliphatic rings. The normalized spacial score (nSPS) is 10.8. The van der Waals surface area contributed by atoms with Gasteiger partial charge >= 0.3 is 5.97 Å². The van der Waals surface area contributed by atoms with Crippen molar-refractivity contribution >= 4 is 55.7 Å². The van der Waals surface area contributed by atoms with Crippen LogP contribution in [0.3, 0.4) is 0 Å². The number of thiophene rings is 1. The minimum atomic E-state index is -0.649. The fourth-order valence-electron chi connectivity index (χ4n) is 2.90. The van der Waals surface area contributed by atoms with Crippen LogP contribution in [0.25, 0.3) is 10.3 Å². The van der Waals surface area contributed by atoms with Gasteiger partial charge in [-0.25, -0.2) is 9.97 Å². The number of pyridine rings is 1. The lowest BCUT2D eigenvalue weighted by molar-refractivity contribution is -0.144. The van der Waals surface area contributed by atoms with Crippen molar-refractivity contribution in [2.45, 2.75) is 13.0 Å². The third-order valence-corrected chi connectivity index (χ3v) is 6.30. The van der Waals surface area contributed by atoms with E-state index in [0.717, 1.165) is 10.3 Å². The van der Waals surface area contributed by atoms with E-state index < -0.39 is 24.1 Å². The number of nitrogens with one attached hydrogen (secondary N) is 1. The summed E-state index contributed by atoms with van der Waals surface area (Å²) in [4.78, 5) is 45.5. The highest BCUT2D eigenvalue weighted by Gasteiger charge is 2.20. The largest absolute Gasteiger partial charge is 0.463 e. The summed E-state index contributed by atoms with van der Waals surface area (Å²) in [6, 6.07) is 14.8. The molecule has 0 saturated carbocycles. The van der Waals surface area contributed by atoms with Gasteiger partial charge in [0.25, 0.3) is 5.91 Å². The molecule has 1 N–H and O–H groups in total. The summed E-state index contributed by atoms with van der Waals surface area (Å²) in [6.07, 6.45) is 1.18. The first-order valence-electron chi connectivity index (χ1n) is 10.0. The number of thiazole rings is 1. The first-order chi connectivity index (χ1) is 16.1. The minimum Gasteiger partial charge on any atom is -0.463 e. The highest BCUT2D eigenvalue weighted by atomic mass is 32.1. The number of anilines is 1. The fourth-order valence-corrected chi connectivity index (χ4v) is 4.53. The molecule has 0 saturated heterocycles. The van der Waals surface area contributed by atoms with Gasteiger partial charge in [0.2, 0.25) is 0 Å². The van der Waals surface area contributed by atoms with Crippen LogP contribution in [0, 0.1) is 0 Å². The van der Waals surface area contributed by atoms with E-state index in [9.17, 15) is 14.4 Å². The molecule has 1 amide bonds. The van der Waals surface area contributed by atoms with Crippen molar-refractivity contribution in [1.82, 2.24) is 9.97 Å². The van der Waals surface area contributed by atoms with Crippen LogP contribution in [0.2, 0.25) is 0 Å². The maximum atomic E-state index is 12.6. The first-order valence-corrected chi connectivity index (χ1v) is 11.7. The number of amides is 1. The molecule has 0 aliphatic carbocycles. The monoisotopic (exact) mass is 481 g/mol. The molecule has 3 aromatic heterocycles. The van der Waals surface area contributed by atoms with Crippen molar-refractivity contribution in [3.63, 3.8) is 0 Å². The molecule has 1 aromatic carbocycles. The SMILES string of the molecule is O=C(CC(=O)c1ccsc1NC(=O)c1nc2ncccc2s1)OCCOCc1ccccc1. The van der Waals surface area contributed by atoms with E-state index in [1.54, 1.807) is 23.7 Å². The molecule has 0 spiro atoms. The van der Waals surface area contributed by atoms with E-state index >= 15 is 0 Å². The average Bonchev–Trinajstić information content (AvgIpc) is 3.46. The molecule has 33 heavy (non-hydrogen) atoms. The van der Waals surface area contributed by atoms with Gasteiger partial charge in [0, 0.05) is 6.20 Å². The van der Waals surface area contributed by atoms with Crippen molar-refractivity contribution in [1.29, 1.82) is 0 Å². The van der Waals surface area contributed by atoms with E-state index in [1.165, 1.54) is 22.7 Å². The standard InChI is InChI=1S/C23H19N3O5S2/c27-17(13-19(28)31-11-10-30-14-15-5-2-1-3-6-15)16-8-12-32-22(16)26-21(29)23-25-20-18(33-23)7-4-9-24-20/h1-9,12H,10-11,13-14H2,(H,26,29). The zero-order chi connectivity index (χ0) is 23.0. The molecular weight excluding hydrogens is 462 g/mol. The van der Waals surface area contributed by atoms with E-state index in [0.29, 0.717) is 17.3 Å². The molecule has 0 fully saturated rings.